The highest BCUT2D eigenvalue weighted by molar-refractivity contribution is 5.80. The molecule has 0 spiro atoms. The van der Waals surface area contributed by atoms with E-state index in [-0.39, 0.29) is 17.9 Å². The van der Waals surface area contributed by atoms with Gasteiger partial charge >= 0.3 is 0 Å². The Morgan fingerprint density at radius 3 is 2.63 bits per heavy atom. The number of amides is 1. The number of likely N-dealkylation sites (tertiary alicyclic amines) is 1. The molecular formula is C21H18N4O2. The van der Waals surface area contributed by atoms with E-state index in [1.807, 2.05) is 42.2 Å². The van der Waals surface area contributed by atoms with Crippen LogP contribution in [0.15, 0.2) is 59.1 Å². The number of carbonyl (C=O) groups is 1. The molecule has 2 aromatic carbocycles. The minimum atomic E-state index is -0.0838. The van der Waals surface area contributed by atoms with Gasteiger partial charge in [-0.15, -0.1) is 0 Å². The highest BCUT2D eigenvalue weighted by Gasteiger charge is 2.36. The molecule has 0 saturated carbocycles. The molecule has 1 saturated heterocycles. The predicted octanol–water partition coefficient (Wildman–Crippen LogP) is 3.69. The average Bonchev–Trinajstić information content (AvgIpc) is 3.35. The first-order chi connectivity index (χ1) is 13.2. The predicted molar refractivity (Wildman–Crippen MR) is 98.4 cm³/mol. The Hall–Kier alpha value is -3.46. The van der Waals surface area contributed by atoms with Crippen LogP contribution in [0.4, 0.5) is 0 Å². The van der Waals surface area contributed by atoms with Gasteiger partial charge in [-0.25, -0.2) is 0 Å². The fourth-order valence-electron chi connectivity index (χ4n) is 3.40. The zero-order valence-electron chi connectivity index (χ0n) is 14.9. The van der Waals surface area contributed by atoms with Gasteiger partial charge in [0.05, 0.1) is 17.7 Å². The van der Waals surface area contributed by atoms with Crippen molar-refractivity contribution in [1.29, 1.82) is 5.26 Å². The summed E-state index contributed by atoms with van der Waals surface area (Å²) in [6, 6.07) is 19.0. The van der Waals surface area contributed by atoms with Crippen molar-refractivity contribution in [1.82, 2.24) is 15.0 Å². The lowest BCUT2D eigenvalue weighted by molar-refractivity contribution is -0.129. The van der Waals surface area contributed by atoms with Gasteiger partial charge < -0.3 is 9.42 Å². The van der Waals surface area contributed by atoms with Crippen LogP contribution in [-0.4, -0.2) is 27.5 Å². The van der Waals surface area contributed by atoms with Crippen molar-refractivity contribution < 1.29 is 9.32 Å². The first-order valence-corrected chi connectivity index (χ1v) is 8.84. The van der Waals surface area contributed by atoms with Crippen LogP contribution in [-0.2, 0) is 4.79 Å². The van der Waals surface area contributed by atoms with Gasteiger partial charge in [-0.3, -0.25) is 4.79 Å². The molecule has 27 heavy (non-hydrogen) atoms. The number of hydrogen-bond donors (Lipinski definition) is 0. The summed E-state index contributed by atoms with van der Waals surface area (Å²) >= 11 is 0. The van der Waals surface area contributed by atoms with Gasteiger partial charge in [0, 0.05) is 24.4 Å². The summed E-state index contributed by atoms with van der Waals surface area (Å²) in [7, 11) is 0. The van der Waals surface area contributed by atoms with Gasteiger partial charge in [-0.2, -0.15) is 10.2 Å². The second-order valence-corrected chi connectivity index (χ2v) is 6.68. The molecule has 2 heterocycles. The molecule has 2 atom stereocenters. The van der Waals surface area contributed by atoms with Crippen LogP contribution < -0.4 is 0 Å². The number of hydrogen-bond acceptors (Lipinski definition) is 5. The van der Waals surface area contributed by atoms with E-state index in [0.717, 1.165) is 11.1 Å². The Morgan fingerprint density at radius 1 is 1.19 bits per heavy atom. The standard InChI is InChI=1S/C21H18N4O2/c1-14(16-5-3-2-4-6-16)25-13-18(11-19(25)26)20-23-21(27-24-20)17-9-7-15(12-22)8-10-17/h2-10,14,18H,11,13H2,1H3. The number of benzene rings is 2. The molecule has 1 aliphatic heterocycles. The van der Waals surface area contributed by atoms with E-state index in [4.69, 9.17) is 9.78 Å². The molecule has 3 aromatic rings. The maximum Gasteiger partial charge on any atom is 0.257 e. The SMILES string of the molecule is CC(c1ccccc1)N1CC(c2noc(-c3ccc(C#N)cc3)n2)CC1=O. The molecule has 6 heteroatoms. The molecule has 1 amide bonds. The highest BCUT2D eigenvalue weighted by atomic mass is 16.5. The Balaban J connectivity index is 1.51. The smallest absolute Gasteiger partial charge is 0.257 e. The van der Waals surface area contributed by atoms with Gasteiger partial charge in [-0.05, 0) is 36.8 Å². The molecule has 6 nitrogen and oxygen atoms in total. The molecule has 0 N–H and O–H groups in total. The lowest BCUT2D eigenvalue weighted by Crippen LogP contribution is -2.28. The number of carbonyl (C=O) groups excluding carboxylic acids is 1. The number of nitrogens with zero attached hydrogens (tertiary/aromatic N) is 4. The van der Waals surface area contributed by atoms with Crippen molar-refractivity contribution in [2.75, 3.05) is 6.54 Å². The Labute approximate surface area is 157 Å². The molecule has 0 aliphatic carbocycles. The highest BCUT2D eigenvalue weighted by Crippen LogP contribution is 2.33. The Kier molecular flexibility index (Phi) is 4.43. The number of rotatable bonds is 4. The third-order valence-electron chi connectivity index (χ3n) is 4.98. The van der Waals surface area contributed by atoms with Crippen LogP contribution in [0.5, 0.6) is 0 Å². The van der Waals surface area contributed by atoms with Crippen LogP contribution in [0.2, 0.25) is 0 Å². The van der Waals surface area contributed by atoms with E-state index in [2.05, 4.69) is 16.2 Å². The van der Waals surface area contributed by atoms with E-state index in [0.29, 0.717) is 30.2 Å². The van der Waals surface area contributed by atoms with Crippen LogP contribution in [0.25, 0.3) is 11.5 Å². The molecule has 1 fully saturated rings. The molecule has 134 valence electrons. The summed E-state index contributed by atoms with van der Waals surface area (Å²) in [5, 5.41) is 13.0. The van der Waals surface area contributed by atoms with E-state index in [1.54, 1.807) is 24.3 Å². The summed E-state index contributed by atoms with van der Waals surface area (Å²) in [6.45, 7) is 2.61. The third-order valence-corrected chi connectivity index (χ3v) is 4.98. The Morgan fingerprint density at radius 2 is 1.93 bits per heavy atom. The molecule has 2 unspecified atom stereocenters. The summed E-state index contributed by atoms with van der Waals surface area (Å²) in [5.41, 5.74) is 2.44. The van der Waals surface area contributed by atoms with Crippen molar-refractivity contribution in [3.05, 3.63) is 71.5 Å². The molecule has 0 bridgehead atoms. The van der Waals surface area contributed by atoms with Gasteiger partial charge in [0.1, 0.15) is 0 Å². The fourth-order valence-corrected chi connectivity index (χ4v) is 3.40. The van der Waals surface area contributed by atoms with E-state index < -0.39 is 0 Å². The van der Waals surface area contributed by atoms with Crippen LogP contribution in [0, 0.1) is 11.3 Å². The van der Waals surface area contributed by atoms with Crippen molar-refractivity contribution in [3.8, 4) is 17.5 Å². The zero-order chi connectivity index (χ0) is 18.8. The Bertz CT molecular complexity index is 989. The van der Waals surface area contributed by atoms with E-state index >= 15 is 0 Å². The summed E-state index contributed by atoms with van der Waals surface area (Å²) in [4.78, 5) is 18.9. The first kappa shape index (κ1) is 17.0. The normalized spacial score (nSPS) is 17.7. The number of nitriles is 1. The van der Waals surface area contributed by atoms with Crippen LogP contribution >= 0.6 is 0 Å². The number of aromatic nitrogens is 2. The molecule has 1 aromatic heterocycles. The van der Waals surface area contributed by atoms with E-state index in [1.165, 1.54) is 0 Å². The maximum atomic E-state index is 12.5. The molecule has 1 aliphatic rings. The average molecular weight is 358 g/mol. The minimum Gasteiger partial charge on any atom is -0.335 e. The van der Waals surface area contributed by atoms with Gasteiger partial charge in [-0.1, -0.05) is 35.5 Å². The monoisotopic (exact) mass is 358 g/mol. The second-order valence-electron chi connectivity index (χ2n) is 6.68. The lowest BCUT2D eigenvalue weighted by atomic mass is 10.1. The quantitative estimate of drug-likeness (QED) is 0.710. The largest absolute Gasteiger partial charge is 0.335 e. The third kappa shape index (κ3) is 3.32. The maximum absolute atomic E-state index is 12.5. The lowest BCUT2D eigenvalue weighted by Gasteiger charge is -2.25. The minimum absolute atomic E-state index is 0.00796. The summed E-state index contributed by atoms with van der Waals surface area (Å²) in [5.74, 6) is 0.961. The first-order valence-electron chi connectivity index (χ1n) is 8.84. The van der Waals surface area contributed by atoms with Crippen LogP contribution in [0.3, 0.4) is 0 Å². The topological polar surface area (TPSA) is 83.0 Å². The van der Waals surface area contributed by atoms with Gasteiger partial charge in [0.15, 0.2) is 5.82 Å². The van der Waals surface area contributed by atoms with Crippen molar-refractivity contribution in [2.45, 2.75) is 25.3 Å². The molecule has 0 radical (unpaired) electrons. The fraction of sp³-hybridized carbons (Fsp3) is 0.238. The molecular weight excluding hydrogens is 340 g/mol. The summed E-state index contributed by atoms with van der Waals surface area (Å²) < 4.78 is 5.38. The van der Waals surface area contributed by atoms with Gasteiger partial charge in [0.25, 0.3) is 5.89 Å². The summed E-state index contributed by atoms with van der Waals surface area (Å²) in [6.07, 6.45) is 0.378. The second kappa shape index (κ2) is 7.04. The van der Waals surface area contributed by atoms with Crippen molar-refractivity contribution in [2.24, 2.45) is 0 Å². The van der Waals surface area contributed by atoms with Gasteiger partial charge in [0.2, 0.25) is 5.91 Å². The van der Waals surface area contributed by atoms with E-state index in [9.17, 15) is 4.79 Å². The van der Waals surface area contributed by atoms with Crippen LogP contribution in [0.1, 0.15) is 42.3 Å². The molecule has 4 rings (SSSR count). The zero-order valence-corrected chi connectivity index (χ0v) is 14.9. The van der Waals surface area contributed by atoms with Crippen molar-refractivity contribution >= 4 is 5.91 Å². The van der Waals surface area contributed by atoms with Crippen molar-refractivity contribution in [3.63, 3.8) is 0 Å².